The summed E-state index contributed by atoms with van der Waals surface area (Å²) in [5.41, 5.74) is -0.359. The van der Waals surface area contributed by atoms with Gasteiger partial charge >= 0.3 is 5.97 Å². The minimum atomic E-state index is -1.59. The number of carbonyl (C=O) groups is 4. The summed E-state index contributed by atoms with van der Waals surface area (Å²) in [5.74, 6) is -3.73. The first kappa shape index (κ1) is 18.8. The Morgan fingerprint density at radius 1 is 1.19 bits per heavy atom. The topological polar surface area (TPSA) is 96.3 Å². The second-order valence-corrected chi connectivity index (χ2v) is 6.62. The van der Waals surface area contributed by atoms with Crippen molar-refractivity contribution < 1.29 is 23.9 Å². The highest BCUT2D eigenvalue weighted by Crippen LogP contribution is 2.43. The number of rotatable bonds is 4. The van der Waals surface area contributed by atoms with Crippen molar-refractivity contribution in [2.24, 2.45) is 11.0 Å². The number of imide groups is 1. The summed E-state index contributed by atoms with van der Waals surface area (Å²) in [7, 11) is 0. The Morgan fingerprint density at radius 3 is 2.33 bits per heavy atom. The van der Waals surface area contributed by atoms with Crippen molar-refractivity contribution in [2.75, 3.05) is 11.5 Å². The van der Waals surface area contributed by atoms with Gasteiger partial charge in [0.05, 0.1) is 12.3 Å². The minimum Gasteiger partial charge on any atom is -0.461 e. The maximum absolute atomic E-state index is 13.2. The zero-order chi connectivity index (χ0) is 19.9. The molecule has 2 heterocycles. The van der Waals surface area contributed by atoms with Crippen molar-refractivity contribution in [2.45, 2.75) is 39.7 Å². The average Bonchev–Trinajstić information content (AvgIpc) is 3.06. The molecule has 0 aliphatic carbocycles. The van der Waals surface area contributed by atoms with Gasteiger partial charge in [0.15, 0.2) is 11.3 Å². The van der Waals surface area contributed by atoms with Gasteiger partial charge in [-0.1, -0.05) is 19.1 Å². The predicted molar refractivity (Wildman–Crippen MR) is 96.8 cm³/mol. The zero-order valence-corrected chi connectivity index (χ0v) is 15.7. The molecule has 2 aliphatic rings. The SMILES string of the molecule is CCOC(=O)C1=NN(C(C)=O)C2(C)C(=O)N(c3ccc(CC)cc3)C(=O)C12. The molecule has 1 saturated heterocycles. The Balaban J connectivity index is 2.08. The number of hydrogen-bond donors (Lipinski definition) is 0. The van der Waals surface area contributed by atoms with Gasteiger partial charge in [0.25, 0.3) is 5.91 Å². The summed E-state index contributed by atoms with van der Waals surface area (Å²) in [6.07, 6.45) is 0.820. The third kappa shape index (κ3) is 2.63. The molecule has 0 spiro atoms. The molecule has 2 aliphatic heterocycles. The van der Waals surface area contributed by atoms with Crippen LogP contribution in [0.3, 0.4) is 0 Å². The van der Waals surface area contributed by atoms with Gasteiger partial charge in [-0.2, -0.15) is 5.10 Å². The number of ether oxygens (including phenoxy) is 1. The molecular weight excluding hydrogens is 350 g/mol. The Hall–Kier alpha value is -3.03. The van der Waals surface area contributed by atoms with Gasteiger partial charge in [0.2, 0.25) is 11.8 Å². The molecule has 2 unspecified atom stereocenters. The molecule has 8 heteroatoms. The van der Waals surface area contributed by atoms with Gasteiger partial charge in [0, 0.05) is 6.92 Å². The van der Waals surface area contributed by atoms with E-state index in [9.17, 15) is 19.2 Å². The lowest BCUT2D eigenvalue weighted by molar-refractivity contribution is -0.142. The fourth-order valence-corrected chi connectivity index (χ4v) is 3.57. The molecule has 1 fully saturated rings. The maximum atomic E-state index is 13.2. The molecule has 2 atom stereocenters. The molecule has 3 amide bonds. The lowest BCUT2D eigenvalue weighted by atomic mass is 9.85. The summed E-state index contributed by atoms with van der Waals surface area (Å²) in [6.45, 7) is 6.40. The Bertz CT molecular complexity index is 861. The van der Waals surface area contributed by atoms with E-state index in [0.717, 1.165) is 21.9 Å². The number of hydrazone groups is 1. The monoisotopic (exact) mass is 371 g/mol. The zero-order valence-electron chi connectivity index (χ0n) is 15.7. The van der Waals surface area contributed by atoms with Crippen LogP contribution in [0.5, 0.6) is 0 Å². The second kappa shape index (κ2) is 6.61. The van der Waals surface area contributed by atoms with Gasteiger partial charge in [-0.3, -0.25) is 14.4 Å². The largest absolute Gasteiger partial charge is 0.461 e. The highest BCUT2D eigenvalue weighted by molar-refractivity contribution is 6.47. The first-order valence-electron chi connectivity index (χ1n) is 8.81. The van der Waals surface area contributed by atoms with Crippen LogP contribution in [0, 0.1) is 5.92 Å². The van der Waals surface area contributed by atoms with Crippen LogP contribution in [-0.4, -0.2) is 46.6 Å². The first-order valence-corrected chi connectivity index (χ1v) is 8.81. The van der Waals surface area contributed by atoms with Crippen molar-refractivity contribution >= 4 is 35.1 Å². The fraction of sp³-hybridized carbons (Fsp3) is 0.421. The highest BCUT2D eigenvalue weighted by Gasteiger charge is 2.67. The molecule has 0 saturated carbocycles. The molecule has 3 rings (SSSR count). The van der Waals surface area contributed by atoms with E-state index in [1.807, 2.05) is 19.1 Å². The van der Waals surface area contributed by atoms with Crippen LogP contribution in [-0.2, 0) is 30.3 Å². The number of anilines is 1. The number of benzene rings is 1. The van der Waals surface area contributed by atoms with Crippen molar-refractivity contribution in [1.82, 2.24) is 5.01 Å². The second-order valence-electron chi connectivity index (χ2n) is 6.62. The van der Waals surface area contributed by atoms with Gasteiger partial charge in [0.1, 0.15) is 5.92 Å². The molecule has 1 aromatic carbocycles. The number of nitrogens with zero attached hydrogens (tertiary/aromatic N) is 3. The van der Waals surface area contributed by atoms with E-state index in [0.29, 0.717) is 5.69 Å². The van der Waals surface area contributed by atoms with E-state index in [4.69, 9.17) is 4.74 Å². The Kier molecular flexibility index (Phi) is 4.59. The molecule has 1 aromatic rings. The van der Waals surface area contributed by atoms with Gasteiger partial charge in [-0.15, -0.1) is 0 Å². The Morgan fingerprint density at radius 2 is 1.81 bits per heavy atom. The van der Waals surface area contributed by atoms with E-state index in [1.54, 1.807) is 19.1 Å². The third-order valence-corrected chi connectivity index (χ3v) is 4.97. The van der Waals surface area contributed by atoms with Crippen LogP contribution in [0.15, 0.2) is 29.4 Å². The summed E-state index contributed by atoms with van der Waals surface area (Å²) < 4.78 is 4.97. The highest BCUT2D eigenvalue weighted by atomic mass is 16.5. The normalized spacial score (nSPS) is 24.1. The van der Waals surface area contributed by atoms with Crippen LogP contribution in [0.2, 0.25) is 0 Å². The third-order valence-electron chi connectivity index (χ3n) is 4.97. The van der Waals surface area contributed by atoms with Crippen molar-refractivity contribution in [3.05, 3.63) is 29.8 Å². The summed E-state index contributed by atoms with van der Waals surface area (Å²) in [6, 6.07) is 7.02. The summed E-state index contributed by atoms with van der Waals surface area (Å²) in [4.78, 5) is 51.7. The molecule has 142 valence electrons. The smallest absolute Gasteiger partial charge is 0.355 e. The Labute approximate surface area is 156 Å². The average molecular weight is 371 g/mol. The van der Waals surface area contributed by atoms with E-state index < -0.39 is 35.1 Å². The van der Waals surface area contributed by atoms with Crippen LogP contribution in [0.4, 0.5) is 5.69 Å². The summed E-state index contributed by atoms with van der Waals surface area (Å²) in [5, 5.41) is 4.90. The number of carbonyl (C=O) groups excluding carboxylic acids is 4. The number of aryl methyl sites for hydroxylation is 1. The lowest BCUT2D eigenvalue weighted by Gasteiger charge is -2.28. The quantitative estimate of drug-likeness (QED) is 0.587. The molecular formula is C19H21N3O5. The summed E-state index contributed by atoms with van der Waals surface area (Å²) >= 11 is 0. The lowest BCUT2D eigenvalue weighted by Crippen LogP contribution is -2.52. The number of esters is 1. The first-order chi connectivity index (χ1) is 12.8. The maximum Gasteiger partial charge on any atom is 0.355 e. The van der Waals surface area contributed by atoms with Crippen molar-refractivity contribution in [3.8, 4) is 0 Å². The van der Waals surface area contributed by atoms with E-state index in [-0.39, 0.29) is 12.3 Å². The van der Waals surface area contributed by atoms with E-state index >= 15 is 0 Å². The van der Waals surface area contributed by atoms with Crippen molar-refractivity contribution in [1.29, 1.82) is 0 Å². The van der Waals surface area contributed by atoms with E-state index in [2.05, 4.69) is 5.10 Å². The molecule has 27 heavy (non-hydrogen) atoms. The molecule has 0 bridgehead atoms. The van der Waals surface area contributed by atoms with Gasteiger partial charge in [-0.05, 0) is 38.0 Å². The number of fused-ring (bicyclic) bond motifs is 1. The number of amides is 3. The van der Waals surface area contributed by atoms with Crippen LogP contribution in [0.1, 0.15) is 33.3 Å². The van der Waals surface area contributed by atoms with Crippen LogP contribution >= 0.6 is 0 Å². The van der Waals surface area contributed by atoms with Gasteiger partial charge < -0.3 is 4.74 Å². The molecule has 0 radical (unpaired) electrons. The van der Waals surface area contributed by atoms with E-state index in [1.165, 1.54) is 13.8 Å². The molecule has 8 nitrogen and oxygen atoms in total. The minimum absolute atomic E-state index is 0.0890. The van der Waals surface area contributed by atoms with Crippen LogP contribution < -0.4 is 4.90 Å². The van der Waals surface area contributed by atoms with Crippen LogP contribution in [0.25, 0.3) is 0 Å². The number of hydrogen-bond acceptors (Lipinski definition) is 6. The van der Waals surface area contributed by atoms with Gasteiger partial charge in [-0.25, -0.2) is 14.7 Å². The molecule has 0 N–H and O–H groups in total. The fourth-order valence-electron chi connectivity index (χ4n) is 3.57. The standard InChI is InChI=1S/C19H21N3O5/c1-5-12-7-9-13(10-8-12)21-16(24)14-15(17(25)27-6-2)20-22(11(3)23)19(14,4)18(21)26/h7-10,14H,5-6H2,1-4H3. The predicted octanol–water partition coefficient (Wildman–Crippen LogP) is 1.28. The molecule has 0 aromatic heterocycles. The van der Waals surface area contributed by atoms with Crippen molar-refractivity contribution in [3.63, 3.8) is 0 Å².